The van der Waals surface area contributed by atoms with Gasteiger partial charge in [-0.3, -0.25) is 4.79 Å². The lowest BCUT2D eigenvalue weighted by Gasteiger charge is -2.17. The molecule has 0 heterocycles. The molecule has 0 aliphatic carbocycles. The fourth-order valence-electron chi connectivity index (χ4n) is 2.29. The molecule has 1 atom stereocenters. The maximum atomic E-state index is 12.4. The van der Waals surface area contributed by atoms with Crippen LogP contribution in [0, 0.1) is 6.92 Å². The van der Waals surface area contributed by atoms with Crippen LogP contribution in [0.3, 0.4) is 0 Å². The summed E-state index contributed by atoms with van der Waals surface area (Å²) in [7, 11) is 0. The largest absolute Gasteiger partial charge is 0.494 e. The zero-order valence-corrected chi connectivity index (χ0v) is 15.2. The molecule has 0 aromatic heterocycles. The molecule has 1 N–H and O–H groups in total. The van der Waals surface area contributed by atoms with E-state index < -0.39 is 6.10 Å². The number of rotatable bonds is 9. The Labute approximate surface area is 150 Å². The Balaban J connectivity index is 1.91. The van der Waals surface area contributed by atoms with Crippen molar-refractivity contribution in [3.8, 4) is 11.5 Å². The lowest BCUT2D eigenvalue weighted by Crippen LogP contribution is -2.32. The van der Waals surface area contributed by atoms with E-state index in [1.54, 1.807) is 0 Å². The molecule has 0 saturated heterocycles. The minimum atomic E-state index is -0.525. The van der Waals surface area contributed by atoms with E-state index in [0.29, 0.717) is 18.8 Å². The van der Waals surface area contributed by atoms with E-state index in [0.717, 1.165) is 29.8 Å². The maximum Gasteiger partial charge on any atom is 0.265 e. The molecule has 1 amide bonds. The molecule has 4 heteroatoms. The number of carbonyl (C=O) groups is 1. The van der Waals surface area contributed by atoms with Crippen molar-refractivity contribution in [1.82, 2.24) is 0 Å². The number of ether oxygens (including phenoxy) is 2. The number of carbonyl (C=O) groups excluding carboxylic acids is 1. The molecule has 0 fully saturated rings. The lowest BCUT2D eigenvalue weighted by molar-refractivity contribution is -0.122. The molecule has 0 aliphatic heterocycles. The maximum absolute atomic E-state index is 12.4. The van der Waals surface area contributed by atoms with E-state index in [9.17, 15) is 4.79 Å². The predicted molar refractivity (Wildman–Crippen MR) is 101 cm³/mol. The first-order chi connectivity index (χ1) is 12.1. The van der Waals surface area contributed by atoms with Crippen molar-refractivity contribution in [2.75, 3.05) is 11.9 Å². The zero-order valence-electron chi connectivity index (χ0n) is 15.2. The number of hydrogen-bond donors (Lipinski definition) is 1. The van der Waals surface area contributed by atoms with Crippen LogP contribution in [0.4, 0.5) is 5.69 Å². The van der Waals surface area contributed by atoms with Gasteiger partial charge in [0.2, 0.25) is 0 Å². The minimum absolute atomic E-state index is 0.150. The molecule has 2 rings (SSSR count). The normalized spacial score (nSPS) is 11.6. The Kier molecular flexibility index (Phi) is 7.33. The van der Waals surface area contributed by atoms with Gasteiger partial charge in [-0.1, -0.05) is 38.0 Å². The second-order valence-electron chi connectivity index (χ2n) is 6.04. The van der Waals surface area contributed by atoms with Crippen LogP contribution < -0.4 is 14.8 Å². The topological polar surface area (TPSA) is 47.6 Å². The van der Waals surface area contributed by atoms with Crippen LogP contribution in [0.1, 0.15) is 38.7 Å². The average molecular weight is 341 g/mol. The van der Waals surface area contributed by atoms with Gasteiger partial charge in [-0.25, -0.2) is 0 Å². The molecular weight excluding hydrogens is 314 g/mol. The predicted octanol–water partition coefficient (Wildman–Crippen LogP) is 4.97. The summed E-state index contributed by atoms with van der Waals surface area (Å²) in [5, 5.41) is 2.90. The van der Waals surface area contributed by atoms with Crippen LogP contribution in [0.25, 0.3) is 0 Å². The lowest BCUT2D eigenvalue weighted by atomic mass is 10.2. The molecule has 0 unspecified atom stereocenters. The van der Waals surface area contributed by atoms with E-state index >= 15 is 0 Å². The van der Waals surface area contributed by atoms with E-state index in [-0.39, 0.29) is 5.91 Å². The number of anilines is 1. The highest BCUT2D eigenvalue weighted by Gasteiger charge is 2.18. The molecule has 4 nitrogen and oxygen atoms in total. The number of aryl methyl sites for hydroxylation is 1. The number of nitrogens with one attached hydrogen (secondary N) is 1. The van der Waals surface area contributed by atoms with Crippen molar-refractivity contribution in [3.05, 3.63) is 54.1 Å². The van der Waals surface area contributed by atoms with Crippen molar-refractivity contribution in [2.24, 2.45) is 0 Å². The van der Waals surface area contributed by atoms with Gasteiger partial charge in [-0.15, -0.1) is 0 Å². The average Bonchev–Trinajstić information content (AvgIpc) is 2.63. The molecule has 0 saturated carbocycles. The first-order valence-corrected chi connectivity index (χ1v) is 8.89. The number of hydrogen-bond acceptors (Lipinski definition) is 3. The highest BCUT2D eigenvalue weighted by Crippen LogP contribution is 2.18. The van der Waals surface area contributed by atoms with Crippen molar-refractivity contribution in [1.29, 1.82) is 0 Å². The molecule has 0 bridgehead atoms. The summed E-state index contributed by atoms with van der Waals surface area (Å²) < 4.78 is 11.4. The van der Waals surface area contributed by atoms with Gasteiger partial charge in [0, 0.05) is 5.69 Å². The van der Waals surface area contributed by atoms with Crippen molar-refractivity contribution >= 4 is 11.6 Å². The van der Waals surface area contributed by atoms with E-state index in [1.165, 1.54) is 0 Å². The van der Waals surface area contributed by atoms with Gasteiger partial charge in [-0.05, 0) is 56.2 Å². The Morgan fingerprint density at radius 2 is 1.64 bits per heavy atom. The van der Waals surface area contributed by atoms with Crippen molar-refractivity contribution < 1.29 is 14.3 Å². The van der Waals surface area contributed by atoms with Crippen LogP contribution in [-0.2, 0) is 4.79 Å². The monoisotopic (exact) mass is 341 g/mol. The number of benzene rings is 2. The highest BCUT2D eigenvalue weighted by molar-refractivity contribution is 5.94. The minimum Gasteiger partial charge on any atom is -0.494 e. The molecule has 134 valence electrons. The molecule has 0 aliphatic rings. The molecule has 0 spiro atoms. The van der Waals surface area contributed by atoms with Gasteiger partial charge in [0.25, 0.3) is 5.91 Å². The number of amides is 1. The van der Waals surface area contributed by atoms with Crippen molar-refractivity contribution in [3.63, 3.8) is 0 Å². The SMILES string of the molecule is CCCCOc1ccc(NC(=O)[C@H](CC)Oc2ccc(C)cc2)cc1. The second kappa shape index (κ2) is 9.72. The van der Waals surface area contributed by atoms with Crippen molar-refractivity contribution in [2.45, 2.75) is 46.1 Å². The van der Waals surface area contributed by atoms with Gasteiger partial charge in [-0.2, -0.15) is 0 Å². The summed E-state index contributed by atoms with van der Waals surface area (Å²) in [6.07, 6.45) is 2.21. The van der Waals surface area contributed by atoms with Crippen LogP contribution >= 0.6 is 0 Å². The molecule has 2 aromatic rings. The van der Waals surface area contributed by atoms with Gasteiger partial charge in [0.15, 0.2) is 6.10 Å². The Morgan fingerprint density at radius 1 is 1.00 bits per heavy atom. The molecular formula is C21H27NO3. The fourth-order valence-corrected chi connectivity index (χ4v) is 2.29. The first-order valence-electron chi connectivity index (χ1n) is 8.89. The van der Waals surface area contributed by atoms with Crippen LogP contribution in [0.2, 0.25) is 0 Å². The highest BCUT2D eigenvalue weighted by atomic mass is 16.5. The van der Waals surface area contributed by atoms with Gasteiger partial charge in [0.1, 0.15) is 11.5 Å². The van der Waals surface area contributed by atoms with Gasteiger partial charge < -0.3 is 14.8 Å². The third-order valence-electron chi connectivity index (χ3n) is 3.85. The zero-order chi connectivity index (χ0) is 18.1. The summed E-state index contributed by atoms with van der Waals surface area (Å²) in [6.45, 7) is 6.79. The van der Waals surface area contributed by atoms with Crippen LogP contribution in [-0.4, -0.2) is 18.6 Å². The Hall–Kier alpha value is -2.49. The summed E-state index contributed by atoms with van der Waals surface area (Å²) in [5.41, 5.74) is 1.89. The summed E-state index contributed by atoms with van der Waals surface area (Å²) >= 11 is 0. The van der Waals surface area contributed by atoms with E-state index in [2.05, 4.69) is 12.2 Å². The van der Waals surface area contributed by atoms with Crippen LogP contribution in [0.15, 0.2) is 48.5 Å². The summed E-state index contributed by atoms with van der Waals surface area (Å²) in [6, 6.07) is 15.1. The fraction of sp³-hybridized carbons (Fsp3) is 0.381. The Morgan fingerprint density at radius 3 is 2.24 bits per heavy atom. The second-order valence-corrected chi connectivity index (χ2v) is 6.04. The third kappa shape index (κ3) is 6.14. The smallest absolute Gasteiger partial charge is 0.265 e. The third-order valence-corrected chi connectivity index (χ3v) is 3.85. The molecule has 0 radical (unpaired) electrons. The van der Waals surface area contributed by atoms with E-state index in [1.807, 2.05) is 62.4 Å². The first kappa shape index (κ1) is 18.8. The number of unbranched alkanes of at least 4 members (excludes halogenated alkanes) is 1. The van der Waals surface area contributed by atoms with E-state index in [4.69, 9.17) is 9.47 Å². The standard InChI is InChI=1S/C21H27NO3/c1-4-6-15-24-18-13-9-17(10-14-18)22-21(23)20(5-2)25-19-11-7-16(3)8-12-19/h7-14,20H,4-6,15H2,1-3H3,(H,22,23)/t20-/m0/s1. The van der Waals surface area contributed by atoms with Gasteiger partial charge >= 0.3 is 0 Å². The molecule has 25 heavy (non-hydrogen) atoms. The van der Waals surface area contributed by atoms with Gasteiger partial charge in [0.05, 0.1) is 6.61 Å². The Bertz CT molecular complexity index is 650. The van der Waals surface area contributed by atoms with Crippen LogP contribution in [0.5, 0.6) is 11.5 Å². The quantitative estimate of drug-likeness (QED) is 0.655. The molecule has 2 aromatic carbocycles. The summed E-state index contributed by atoms with van der Waals surface area (Å²) in [5.74, 6) is 1.37. The summed E-state index contributed by atoms with van der Waals surface area (Å²) in [4.78, 5) is 12.4.